The second-order valence-electron chi connectivity index (χ2n) is 6.63. The van der Waals surface area contributed by atoms with Crippen molar-refractivity contribution in [2.45, 2.75) is 32.4 Å². The van der Waals surface area contributed by atoms with Crippen molar-refractivity contribution in [1.82, 2.24) is 4.90 Å². The molecule has 2 aromatic rings. The lowest BCUT2D eigenvalue weighted by Gasteiger charge is -2.29. The number of nitrogens with zero attached hydrogens (tertiary/aromatic N) is 2. The van der Waals surface area contributed by atoms with Crippen LogP contribution in [0.4, 0.5) is 5.69 Å². The summed E-state index contributed by atoms with van der Waals surface area (Å²) in [7, 11) is 0. The van der Waals surface area contributed by atoms with Crippen LogP contribution in [0.3, 0.4) is 0 Å². The third kappa shape index (κ3) is 6.69. The molecule has 2 unspecified atom stereocenters. The predicted octanol–water partition coefficient (Wildman–Crippen LogP) is 3.04. The van der Waals surface area contributed by atoms with Gasteiger partial charge < -0.3 is 15.2 Å². The van der Waals surface area contributed by atoms with Crippen molar-refractivity contribution < 1.29 is 14.6 Å². The average molecular weight is 381 g/mol. The lowest BCUT2D eigenvalue weighted by Crippen LogP contribution is -2.46. The van der Waals surface area contributed by atoms with E-state index in [1.807, 2.05) is 49.1 Å². The molecule has 2 aromatic carbocycles. The van der Waals surface area contributed by atoms with Crippen LogP contribution in [0.25, 0.3) is 0 Å². The zero-order valence-electron chi connectivity index (χ0n) is 16.3. The summed E-state index contributed by atoms with van der Waals surface area (Å²) >= 11 is 0. The molecule has 6 heteroatoms. The summed E-state index contributed by atoms with van der Waals surface area (Å²) in [4.78, 5) is 14.5. The van der Waals surface area contributed by atoms with E-state index < -0.39 is 6.10 Å². The van der Waals surface area contributed by atoms with Crippen LogP contribution in [0.1, 0.15) is 25.8 Å². The minimum absolute atomic E-state index is 0.110. The van der Waals surface area contributed by atoms with Crippen molar-refractivity contribution in [1.29, 1.82) is 5.26 Å². The highest BCUT2D eigenvalue weighted by molar-refractivity contribution is 5.94. The molecule has 0 aliphatic heterocycles. The first-order valence-corrected chi connectivity index (χ1v) is 9.44. The minimum Gasteiger partial charge on any atom is -0.491 e. The number of benzene rings is 2. The van der Waals surface area contributed by atoms with Crippen molar-refractivity contribution in [2.75, 3.05) is 25.0 Å². The molecule has 0 fully saturated rings. The first-order valence-electron chi connectivity index (χ1n) is 9.44. The van der Waals surface area contributed by atoms with Gasteiger partial charge in [-0.15, -0.1) is 0 Å². The highest BCUT2D eigenvalue weighted by atomic mass is 16.5. The van der Waals surface area contributed by atoms with Crippen LogP contribution < -0.4 is 10.1 Å². The number of nitrogens with one attached hydrogen (secondary N) is 1. The molecule has 1 amide bonds. The van der Waals surface area contributed by atoms with Crippen molar-refractivity contribution in [3.8, 4) is 11.8 Å². The van der Waals surface area contributed by atoms with Gasteiger partial charge in [0.2, 0.25) is 5.91 Å². The Kier molecular flexibility index (Phi) is 8.47. The summed E-state index contributed by atoms with van der Waals surface area (Å²) in [6.45, 7) is 5.00. The Labute approximate surface area is 166 Å². The molecule has 0 aliphatic carbocycles. The first kappa shape index (κ1) is 21.4. The Balaban J connectivity index is 1.88. The third-order valence-corrected chi connectivity index (χ3v) is 4.35. The van der Waals surface area contributed by atoms with Gasteiger partial charge in [0, 0.05) is 12.2 Å². The van der Waals surface area contributed by atoms with Crippen LogP contribution in [0.15, 0.2) is 54.6 Å². The average Bonchev–Trinajstić information content (AvgIpc) is 2.72. The number of rotatable bonds is 10. The Morgan fingerprint density at radius 2 is 1.89 bits per heavy atom. The molecular weight excluding hydrogens is 354 g/mol. The Bertz CT molecular complexity index is 772. The zero-order chi connectivity index (χ0) is 20.4. The van der Waals surface area contributed by atoms with Gasteiger partial charge in [0.1, 0.15) is 18.5 Å². The number of ether oxygens (including phenoxy) is 1. The van der Waals surface area contributed by atoms with Gasteiger partial charge >= 0.3 is 0 Å². The van der Waals surface area contributed by atoms with Gasteiger partial charge in [-0.3, -0.25) is 9.69 Å². The SMILES string of the molecule is CCCN(CC(O)COc1ccc(C#N)cc1)C(C)C(=O)Nc1ccccc1. The molecule has 0 radical (unpaired) electrons. The number of carbonyl (C=O) groups is 1. The van der Waals surface area contributed by atoms with Gasteiger partial charge in [-0.2, -0.15) is 5.26 Å². The molecule has 2 atom stereocenters. The monoisotopic (exact) mass is 381 g/mol. The lowest BCUT2D eigenvalue weighted by molar-refractivity contribution is -0.121. The van der Waals surface area contributed by atoms with Gasteiger partial charge in [0.15, 0.2) is 0 Å². The van der Waals surface area contributed by atoms with Crippen LogP contribution >= 0.6 is 0 Å². The van der Waals surface area contributed by atoms with Crippen LogP contribution in [-0.4, -0.2) is 47.8 Å². The number of hydrogen-bond acceptors (Lipinski definition) is 5. The standard InChI is InChI=1S/C22H27N3O3/c1-3-13-25(17(2)22(27)24-19-7-5-4-6-8-19)15-20(26)16-28-21-11-9-18(14-23)10-12-21/h4-12,17,20,26H,3,13,15-16H2,1-2H3,(H,24,27). The predicted molar refractivity (Wildman–Crippen MR) is 109 cm³/mol. The smallest absolute Gasteiger partial charge is 0.241 e. The van der Waals surface area contributed by atoms with Gasteiger partial charge in [-0.05, 0) is 56.3 Å². The van der Waals surface area contributed by atoms with Gasteiger partial charge in [-0.25, -0.2) is 0 Å². The van der Waals surface area contributed by atoms with Gasteiger partial charge in [-0.1, -0.05) is 25.1 Å². The number of aliphatic hydroxyl groups is 1. The van der Waals surface area contributed by atoms with Gasteiger partial charge in [0.05, 0.1) is 17.7 Å². The molecule has 0 saturated carbocycles. The maximum Gasteiger partial charge on any atom is 0.241 e. The number of nitriles is 1. The Hall–Kier alpha value is -2.88. The van der Waals surface area contributed by atoms with Gasteiger partial charge in [0.25, 0.3) is 0 Å². The number of anilines is 1. The van der Waals surface area contributed by atoms with E-state index in [1.54, 1.807) is 24.3 Å². The molecule has 6 nitrogen and oxygen atoms in total. The van der Waals surface area contributed by atoms with E-state index in [2.05, 4.69) is 11.4 Å². The second-order valence-corrected chi connectivity index (χ2v) is 6.63. The van der Waals surface area contributed by atoms with E-state index in [0.717, 1.165) is 12.1 Å². The van der Waals surface area contributed by atoms with E-state index in [9.17, 15) is 9.90 Å². The van der Waals surface area contributed by atoms with Crippen LogP contribution in [0.2, 0.25) is 0 Å². The Morgan fingerprint density at radius 3 is 2.50 bits per heavy atom. The molecular formula is C22H27N3O3. The normalized spacial score (nSPS) is 12.8. The summed E-state index contributed by atoms with van der Waals surface area (Å²) < 4.78 is 5.60. The van der Waals surface area contributed by atoms with E-state index in [-0.39, 0.29) is 18.6 Å². The lowest BCUT2D eigenvalue weighted by atomic mass is 10.2. The summed E-state index contributed by atoms with van der Waals surface area (Å²) in [5.74, 6) is 0.481. The molecule has 0 heterocycles. The molecule has 28 heavy (non-hydrogen) atoms. The number of aliphatic hydroxyl groups excluding tert-OH is 1. The molecule has 0 spiro atoms. The Morgan fingerprint density at radius 1 is 1.21 bits per heavy atom. The number of hydrogen-bond donors (Lipinski definition) is 2. The fraction of sp³-hybridized carbons (Fsp3) is 0.364. The van der Waals surface area contributed by atoms with Crippen LogP contribution in [0.5, 0.6) is 5.75 Å². The summed E-state index contributed by atoms with van der Waals surface area (Å²) in [5, 5.41) is 22.1. The molecule has 2 rings (SSSR count). The highest BCUT2D eigenvalue weighted by Gasteiger charge is 2.23. The molecule has 0 bridgehead atoms. The van der Waals surface area contributed by atoms with Crippen molar-refractivity contribution in [3.05, 3.63) is 60.2 Å². The zero-order valence-corrected chi connectivity index (χ0v) is 16.3. The molecule has 2 N–H and O–H groups in total. The highest BCUT2D eigenvalue weighted by Crippen LogP contribution is 2.13. The molecule has 0 saturated heterocycles. The van der Waals surface area contributed by atoms with E-state index >= 15 is 0 Å². The van der Waals surface area contributed by atoms with Crippen molar-refractivity contribution in [3.63, 3.8) is 0 Å². The second kappa shape index (κ2) is 11.1. The van der Waals surface area contributed by atoms with Crippen molar-refractivity contribution in [2.24, 2.45) is 0 Å². The molecule has 0 aliphatic rings. The fourth-order valence-electron chi connectivity index (χ4n) is 2.81. The fourth-order valence-corrected chi connectivity index (χ4v) is 2.81. The third-order valence-electron chi connectivity index (χ3n) is 4.35. The van der Waals surface area contributed by atoms with Crippen LogP contribution in [-0.2, 0) is 4.79 Å². The quantitative estimate of drug-likeness (QED) is 0.661. The molecule has 148 valence electrons. The van der Waals surface area contributed by atoms with Crippen molar-refractivity contribution >= 4 is 11.6 Å². The van der Waals surface area contributed by atoms with E-state index in [1.165, 1.54) is 0 Å². The van der Waals surface area contributed by atoms with E-state index in [4.69, 9.17) is 10.00 Å². The number of para-hydroxylation sites is 1. The summed E-state index contributed by atoms with van der Waals surface area (Å²) in [6, 6.07) is 17.7. The number of amides is 1. The maximum absolute atomic E-state index is 12.6. The van der Waals surface area contributed by atoms with E-state index in [0.29, 0.717) is 24.4 Å². The first-order chi connectivity index (χ1) is 13.5. The maximum atomic E-state index is 12.6. The topological polar surface area (TPSA) is 85.6 Å². The molecule has 0 aromatic heterocycles. The number of carbonyl (C=O) groups excluding carboxylic acids is 1. The largest absolute Gasteiger partial charge is 0.491 e. The minimum atomic E-state index is -0.742. The van der Waals surface area contributed by atoms with Crippen LogP contribution in [0, 0.1) is 11.3 Å². The summed E-state index contributed by atoms with van der Waals surface area (Å²) in [5.41, 5.74) is 1.31. The summed E-state index contributed by atoms with van der Waals surface area (Å²) in [6.07, 6.45) is 0.126.